The molecule has 1 aromatic carbocycles. The molecule has 2 N–H and O–H groups in total. The predicted molar refractivity (Wildman–Crippen MR) is 97.5 cm³/mol. The van der Waals surface area contributed by atoms with Gasteiger partial charge in [-0.2, -0.15) is 0 Å². The van der Waals surface area contributed by atoms with Crippen molar-refractivity contribution >= 4 is 17.2 Å². The average molecular weight is 324 g/mol. The van der Waals surface area contributed by atoms with Crippen LogP contribution in [0.2, 0.25) is 0 Å². The van der Waals surface area contributed by atoms with Crippen LogP contribution in [-0.4, -0.2) is 10.8 Å². The number of hydrogen-bond acceptors (Lipinski definition) is 3. The highest BCUT2D eigenvalue weighted by molar-refractivity contribution is 6.00. The minimum atomic E-state index is -0.710. The van der Waals surface area contributed by atoms with Gasteiger partial charge in [-0.1, -0.05) is 48.6 Å². The number of nitrogens with two attached hydrogens (primary N) is 1. The Hall–Kier alpha value is -3.21. The van der Waals surface area contributed by atoms with Crippen LogP contribution in [0.25, 0.3) is 5.57 Å². The fourth-order valence-electron chi connectivity index (χ4n) is 2.13. The van der Waals surface area contributed by atoms with Crippen LogP contribution in [0.4, 0.5) is 5.69 Å². The molecule has 1 aromatic rings. The summed E-state index contributed by atoms with van der Waals surface area (Å²) in [6, 6.07) is 4.28. The van der Waals surface area contributed by atoms with Crippen molar-refractivity contribution in [3.05, 3.63) is 95.1 Å². The molecule has 5 nitrogen and oxygen atoms in total. The molecule has 0 aliphatic heterocycles. The number of amides is 1. The van der Waals surface area contributed by atoms with Crippen molar-refractivity contribution in [2.24, 2.45) is 5.73 Å². The predicted octanol–water partition coefficient (Wildman–Crippen LogP) is 4.34. The number of carbonyl (C=O) groups is 1. The zero-order chi connectivity index (χ0) is 17.9. The molecule has 0 saturated carbocycles. The van der Waals surface area contributed by atoms with Gasteiger partial charge in [0.15, 0.2) is 0 Å². The van der Waals surface area contributed by atoms with Crippen molar-refractivity contribution in [3.8, 4) is 0 Å². The SMILES string of the molecule is C=CCC=CC=CC=C(CC=C)c1c(C(N)=O)cccc1[N+](=O)[O-]. The lowest BCUT2D eigenvalue weighted by Gasteiger charge is -2.10. The van der Waals surface area contributed by atoms with E-state index in [1.165, 1.54) is 18.2 Å². The van der Waals surface area contributed by atoms with E-state index < -0.39 is 10.8 Å². The number of nitro benzene ring substituents is 1. The van der Waals surface area contributed by atoms with Crippen molar-refractivity contribution in [1.82, 2.24) is 0 Å². The summed E-state index contributed by atoms with van der Waals surface area (Å²) in [5.74, 6) is -0.710. The van der Waals surface area contributed by atoms with E-state index in [0.717, 1.165) is 6.42 Å². The van der Waals surface area contributed by atoms with Gasteiger partial charge in [0.05, 0.1) is 16.1 Å². The molecule has 0 aromatic heterocycles. The molecule has 1 amide bonds. The topological polar surface area (TPSA) is 86.2 Å². The second-order valence-electron chi connectivity index (χ2n) is 4.84. The molecule has 1 rings (SSSR count). The van der Waals surface area contributed by atoms with Crippen LogP contribution in [0.1, 0.15) is 28.8 Å². The number of carbonyl (C=O) groups excluding carboxylic acids is 1. The molecular formula is C19H20N2O3. The molecule has 5 heteroatoms. The van der Waals surface area contributed by atoms with Gasteiger partial charge >= 0.3 is 0 Å². The van der Waals surface area contributed by atoms with E-state index in [1.807, 2.05) is 12.2 Å². The van der Waals surface area contributed by atoms with Gasteiger partial charge in [-0.25, -0.2) is 0 Å². The Labute approximate surface area is 141 Å². The van der Waals surface area contributed by atoms with Gasteiger partial charge in [0.1, 0.15) is 0 Å². The van der Waals surface area contributed by atoms with Gasteiger partial charge in [-0.05, 0) is 24.5 Å². The number of primary amides is 1. The van der Waals surface area contributed by atoms with Gasteiger partial charge < -0.3 is 5.73 Å². The van der Waals surface area contributed by atoms with E-state index in [4.69, 9.17) is 5.73 Å². The van der Waals surface area contributed by atoms with Gasteiger partial charge in [0, 0.05) is 6.07 Å². The molecular weight excluding hydrogens is 304 g/mol. The first-order chi connectivity index (χ1) is 11.5. The van der Waals surface area contributed by atoms with Crippen molar-refractivity contribution in [2.75, 3.05) is 0 Å². The van der Waals surface area contributed by atoms with Crippen LogP contribution in [0.3, 0.4) is 0 Å². The molecule has 0 heterocycles. The van der Waals surface area contributed by atoms with Crippen molar-refractivity contribution in [3.63, 3.8) is 0 Å². The fraction of sp³-hybridized carbons (Fsp3) is 0.105. The van der Waals surface area contributed by atoms with Crippen LogP contribution >= 0.6 is 0 Å². The molecule has 0 atom stereocenters. The summed E-state index contributed by atoms with van der Waals surface area (Å²) in [5.41, 5.74) is 6.16. The van der Waals surface area contributed by atoms with Crippen LogP contribution in [-0.2, 0) is 0 Å². The van der Waals surface area contributed by atoms with E-state index in [9.17, 15) is 14.9 Å². The summed E-state index contributed by atoms with van der Waals surface area (Å²) in [4.78, 5) is 22.5. The van der Waals surface area contributed by atoms with E-state index in [-0.39, 0.29) is 16.8 Å². The summed E-state index contributed by atoms with van der Waals surface area (Å²) in [5, 5.41) is 11.3. The Morgan fingerprint density at radius 2 is 1.96 bits per heavy atom. The average Bonchev–Trinajstić information content (AvgIpc) is 2.56. The summed E-state index contributed by atoms with van der Waals surface area (Å²) in [7, 11) is 0. The maximum absolute atomic E-state index is 11.7. The van der Waals surface area contributed by atoms with Gasteiger partial charge in [-0.15, -0.1) is 13.2 Å². The quantitative estimate of drug-likeness (QED) is 0.317. The highest BCUT2D eigenvalue weighted by atomic mass is 16.6. The number of allylic oxidation sites excluding steroid dienone is 8. The Morgan fingerprint density at radius 1 is 1.21 bits per heavy atom. The Morgan fingerprint density at radius 3 is 2.54 bits per heavy atom. The first-order valence-corrected chi connectivity index (χ1v) is 7.34. The summed E-state index contributed by atoms with van der Waals surface area (Å²) in [6.07, 6.45) is 13.5. The summed E-state index contributed by atoms with van der Waals surface area (Å²) >= 11 is 0. The molecule has 0 saturated heterocycles. The van der Waals surface area contributed by atoms with E-state index >= 15 is 0 Å². The largest absolute Gasteiger partial charge is 0.366 e. The first kappa shape index (κ1) is 18.8. The van der Waals surface area contributed by atoms with E-state index in [1.54, 1.807) is 30.4 Å². The molecule has 24 heavy (non-hydrogen) atoms. The molecule has 0 unspecified atom stereocenters. The van der Waals surface area contributed by atoms with E-state index in [2.05, 4.69) is 13.2 Å². The Kier molecular flexibility index (Phi) is 7.64. The smallest absolute Gasteiger partial charge is 0.277 e. The highest BCUT2D eigenvalue weighted by Gasteiger charge is 2.22. The number of rotatable bonds is 9. The third-order valence-electron chi connectivity index (χ3n) is 3.15. The number of hydrogen-bond donors (Lipinski definition) is 1. The molecule has 124 valence electrons. The van der Waals surface area contributed by atoms with Crippen molar-refractivity contribution in [1.29, 1.82) is 0 Å². The molecule has 0 bridgehead atoms. The second-order valence-corrected chi connectivity index (χ2v) is 4.84. The number of nitro groups is 1. The number of benzene rings is 1. The zero-order valence-corrected chi connectivity index (χ0v) is 13.4. The minimum Gasteiger partial charge on any atom is -0.366 e. The first-order valence-electron chi connectivity index (χ1n) is 7.34. The highest BCUT2D eigenvalue weighted by Crippen LogP contribution is 2.31. The van der Waals surface area contributed by atoms with Gasteiger partial charge in [0.2, 0.25) is 5.91 Å². The van der Waals surface area contributed by atoms with Crippen molar-refractivity contribution < 1.29 is 9.72 Å². The minimum absolute atomic E-state index is 0.118. The fourth-order valence-corrected chi connectivity index (χ4v) is 2.13. The van der Waals surface area contributed by atoms with E-state index in [0.29, 0.717) is 12.0 Å². The van der Waals surface area contributed by atoms with Crippen molar-refractivity contribution in [2.45, 2.75) is 12.8 Å². The molecule has 0 spiro atoms. The normalized spacial score (nSPS) is 11.8. The van der Waals surface area contributed by atoms with Crippen LogP contribution in [0.15, 0.2) is 73.9 Å². The standard InChI is InChI=1S/C19H20N2O3/c1-3-5-6-7-8-9-12-15(11-4-2)18-16(19(20)22)13-10-14-17(18)21(23)24/h3-4,6-10,12-14H,1-2,5,11H2,(H2,20,22). The van der Waals surface area contributed by atoms with Gasteiger partial charge in [0.25, 0.3) is 5.69 Å². The van der Waals surface area contributed by atoms with Gasteiger partial charge in [-0.3, -0.25) is 14.9 Å². The second kappa shape index (κ2) is 9.74. The summed E-state index contributed by atoms with van der Waals surface area (Å²) < 4.78 is 0. The maximum Gasteiger partial charge on any atom is 0.277 e. The maximum atomic E-state index is 11.7. The van der Waals surface area contributed by atoms with Crippen LogP contribution < -0.4 is 5.73 Å². The summed E-state index contributed by atoms with van der Waals surface area (Å²) in [6.45, 7) is 7.28. The lowest BCUT2D eigenvalue weighted by atomic mass is 9.94. The molecule has 0 aliphatic carbocycles. The monoisotopic (exact) mass is 324 g/mol. The lowest BCUT2D eigenvalue weighted by molar-refractivity contribution is -0.385. The third-order valence-corrected chi connectivity index (χ3v) is 3.15. The zero-order valence-electron chi connectivity index (χ0n) is 13.4. The van der Waals surface area contributed by atoms with Crippen LogP contribution in [0, 0.1) is 10.1 Å². The van der Waals surface area contributed by atoms with Crippen LogP contribution in [0.5, 0.6) is 0 Å². The Balaban J connectivity index is 3.38. The molecule has 0 fully saturated rings. The molecule has 0 radical (unpaired) electrons. The Bertz CT molecular complexity index is 696. The third kappa shape index (κ3) is 5.21. The number of nitrogens with zero attached hydrogens (tertiary/aromatic N) is 1. The lowest BCUT2D eigenvalue weighted by Crippen LogP contribution is -2.14. The molecule has 0 aliphatic rings.